The lowest BCUT2D eigenvalue weighted by atomic mass is 9.95. The summed E-state index contributed by atoms with van der Waals surface area (Å²) in [6.45, 7) is 3.28. The number of nitrogens with one attached hydrogen (secondary N) is 1. The Morgan fingerprint density at radius 1 is 1.47 bits per heavy atom. The van der Waals surface area contributed by atoms with Crippen LogP contribution in [0.1, 0.15) is 39.0 Å². The summed E-state index contributed by atoms with van der Waals surface area (Å²) in [7, 11) is 0. The molecule has 0 aromatic heterocycles. The van der Waals surface area contributed by atoms with Gasteiger partial charge in [0.2, 0.25) is 0 Å². The SMILES string of the molecule is CCC[C@H](NC(=O)N1CCCC(CCO)C1)C(=O)O. The van der Waals surface area contributed by atoms with Crippen LogP contribution in [0, 0.1) is 5.92 Å². The molecule has 0 aliphatic carbocycles. The Hall–Kier alpha value is -1.30. The van der Waals surface area contributed by atoms with Gasteiger partial charge in [-0.15, -0.1) is 0 Å². The number of aliphatic carboxylic acids is 1. The van der Waals surface area contributed by atoms with Crippen LogP contribution in [-0.2, 0) is 4.79 Å². The van der Waals surface area contributed by atoms with Crippen molar-refractivity contribution in [3.63, 3.8) is 0 Å². The van der Waals surface area contributed by atoms with Gasteiger partial charge in [-0.3, -0.25) is 0 Å². The van der Waals surface area contributed by atoms with Crippen LogP contribution in [0.5, 0.6) is 0 Å². The number of amides is 2. The molecule has 0 spiro atoms. The summed E-state index contributed by atoms with van der Waals surface area (Å²) in [5.74, 6) is -0.668. The van der Waals surface area contributed by atoms with Crippen LogP contribution < -0.4 is 5.32 Å². The first-order chi connectivity index (χ1) is 9.08. The highest BCUT2D eigenvalue weighted by atomic mass is 16.4. The largest absolute Gasteiger partial charge is 0.480 e. The van der Waals surface area contributed by atoms with Gasteiger partial charge in [0.25, 0.3) is 0 Å². The Bertz CT molecular complexity index is 307. The molecule has 1 aliphatic rings. The number of carbonyl (C=O) groups is 2. The number of carboxylic acids is 1. The van der Waals surface area contributed by atoms with Crippen molar-refractivity contribution in [2.45, 2.75) is 45.1 Å². The Balaban J connectivity index is 2.49. The van der Waals surface area contributed by atoms with Gasteiger partial charge in [0.1, 0.15) is 6.04 Å². The van der Waals surface area contributed by atoms with Gasteiger partial charge < -0.3 is 20.4 Å². The smallest absolute Gasteiger partial charge is 0.326 e. The molecule has 1 rings (SSSR count). The first-order valence-corrected chi connectivity index (χ1v) is 6.97. The molecule has 0 bridgehead atoms. The maximum atomic E-state index is 12.0. The molecule has 0 saturated carbocycles. The molecule has 0 radical (unpaired) electrons. The lowest BCUT2D eigenvalue weighted by Crippen LogP contribution is -2.50. The van der Waals surface area contributed by atoms with Crippen LogP contribution in [0.15, 0.2) is 0 Å². The molecule has 6 heteroatoms. The van der Waals surface area contributed by atoms with E-state index in [1.54, 1.807) is 4.90 Å². The lowest BCUT2D eigenvalue weighted by molar-refractivity contribution is -0.139. The number of urea groups is 1. The van der Waals surface area contributed by atoms with E-state index in [1.807, 2.05) is 6.92 Å². The normalized spacial score (nSPS) is 20.9. The molecule has 1 fully saturated rings. The molecular weight excluding hydrogens is 248 g/mol. The second-order valence-corrected chi connectivity index (χ2v) is 5.10. The first-order valence-electron chi connectivity index (χ1n) is 6.97. The summed E-state index contributed by atoms with van der Waals surface area (Å²) in [5.41, 5.74) is 0. The molecule has 1 unspecified atom stereocenters. The van der Waals surface area contributed by atoms with Gasteiger partial charge in [-0.05, 0) is 31.6 Å². The van der Waals surface area contributed by atoms with Crippen LogP contribution in [0.4, 0.5) is 4.79 Å². The van der Waals surface area contributed by atoms with Crippen LogP contribution in [-0.4, -0.2) is 52.9 Å². The van der Waals surface area contributed by atoms with Crippen LogP contribution in [0.2, 0.25) is 0 Å². The minimum Gasteiger partial charge on any atom is -0.480 e. The fraction of sp³-hybridized carbons (Fsp3) is 0.846. The van der Waals surface area contributed by atoms with E-state index in [0.29, 0.717) is 38.3 Å². The summed E-state index contributed by atoms with van der Waals surface area (Å²) < 4.78 is 0. The fourth-order valence-electron chi connectivity index (χ4n) is 2.45. The monoisotopic (exact) mass is 272 g/mol. The van der Waals surface area contributed by atoms with Gasteiger partial charge >= 0.3 is 12.0 Å². The molecule has 0 aromatic carbocycles. The minimum atomic E-state index is -0.987. The highest BCUT2D eigenvalue weighted by Crippen LogP contribution is 2.19. The first kappa shape index (κ1) is 15.8. The van der Waals surface area contributed by atoms with Crippen molar-refractivity contribution in [3.05, 3.63) is 0 Å². The Morgan fingerprint density at radius 3 is 2.79 bits per heavy atom. The van der Waals surface area contributed by atoms with Gasteiger partial charge in [-0.25, -0.2) is 9.59 Å². The summed E-state index contributed by atoms with van der Waals surface area (Å²) in [5, 5.41) is 20.5. The predicted molar refractivity (Wildman–Crippen MR) is 70.9 cm³/mol. The van der Waals surface area contributed by atoms with Gasteiger partial charge in [0.05, 0.1) is 0 Å². The van der Waals surface area contributed by atoms with E-state index in [-0.39, 0.29) is 12.6 Å². The lowest BCUT2D eigenvalue weighted by Gasteiger charge is -2.33. The van der Waals surface area contributed by atoms with Crippen LogP contribution in [0.25, 0.3) is 0 Å². The molecule has 0 aromatic rings. The molecule has 110 valence electrons. The summed E-state index contributed by atoms with van der Waals surface area (Å²) in [6, 6.07) is -1.11. The van der Waals surface area contributed by atoms with Crippen molar-refractivity contribution in [2.24, 2.45) is 5.92 Å². The number of aliphatic hydroxyl groups excluding tert-OH is 1. The van der Waals surface area contributed by atoms with Crippen molar-refractivity contribution in [3.8, 4) is 0 Å². The molecule has 1 heterocycles. The van der Waals surface area contributed by atoms with Gasteiger partial charge in [0.15, 0.2) is 0 Å². The van der Waals surface area contributed by atoms with E-state index >= 15 is 0 Å². The number of hydrogen-bond donors (Lipinski definition) is 3. The molecule has 1 aliphatic heterocycles. The number of piperidine rings is 1. The van der Waals surface area contributed by atoms with Gasteiger partial charge in [0, 0.05) is 19.7 Å². The molecule has 1 saturated heterocycles. The maximum absolute atomic E-state index is 12.0. The Morgan fingerprint density at radius 2 is 2.21 bits per heavy atom. The number of carboxylic acid groups (broad SMARTS) is 1. The van der Waals surface area contributed by atoms with Gasteiger partial charge in [-0.1, -0.05) is 13.3 Å². The van der Waals surface area contributed by atoms with Crippen molar-refractivity contribution in [2.75, 3.05) is 19.7 Å². The number of carbonyl (C=O) groups excluding carboxylic acids is 1. The minimum absolute atomic E-state index is 0.133. The van der Waals surface area contributed by atoms with E-state index in [2.05, 4.69) is 5.32 Å². The molecule has 6 nitrogen and oxygen atoms in total. The summed E-state index contributed by atoms with van der Waals surface area (Å²) in [4.78, 5) is 24.7. The number of nitrogens with zero attached hydrogens (tertiary/aromatic N) is 1. The second kappa shape index (κ2) is 7.99. The summed E-state index contributed by atoms with van der Waals surface area (Å²) in [6.07, 6.45) is 3.77. The average Bonchev–Trinajstić information content (AvgIpc) is 2.38. The zero-order valence-electron chi connectivity index (χ0n) is 11.5. The highest BCUT2D eigenvalue weighted by Gasteiger charge is 2.26. The van der Waals surface area contributed by atoms with Crippen LogP contribution in [0.3, 0.4) is 0 Å². The molecule has 19 heavy (non-hydrogen) atoms. The molecule has 2 atom stereocenters. The van der Waals surface area contributed by atoms with Crippen molar-refractivity contribution >= 4 is 12.0 Å². The standard InChI is InChI=1S/C13H24N2O4/c1-2-4-11(12(17)18)14-13(19)15-7-3-5-10(9-15)6-8-16/h10-11,16H,2-9H2,1H3,(H,14,19)(H,17,18)/t10?,11-/m0/s1. The third-order valence-electron chi connectivity index (χ3n) is 3.52. The Kier molecular flexibility index (Phi) is 6.62. The highest BCUT2D eigenvalue weighted by molar-refractivity contribution is 5.82. The topological polar surface area (TPSA) is 89.9 Å². The summed E-state index contributed by atoms with van der Waals surface area (Å²) >= 11 is 0. The van der Waals surface area contributed by atoms with Gasteiger partial charge in [-0.2, -0.15) is 0 Å². The quantitative estimate of drug-likeness (QED) is 0.674. The van der Waals surface area contributed by atoms with Crippen molar-refractivity contribution < 1.29 is 19.8 Å². The number of hydrogen-bond acceptors (Lipinski definition) is 3. The third kappa shape index (κ3) is 5.06. The van der Waals surface area contributed by atoms with Crippen LogP contribution >= 0.6 is 0 Å². The zero-order valence-corrected chi connectivity index (χ0v) is 11.5. The number of aliphatic hydroxyl groups is 1. The fourth-order valence-corrected chi connectivity index (χ4v) is 2.45. The number of rotatable bonds is 6. The molecule has 3 N–H and O–H groups in total. The van der Waals surface area contributed by atoms with E-state index in [0.717, 1.165) is 12.8 Å². The van der Waals surface area contributed by atoms with E-state index < -0.39 is 12.0 Å². The predicted octanol–water partition coefficient (Wildman–Crippen LogP) is 1.04. The number of likely N-dealkylation sites (tertiary alicyclic amines) is 1. The molecular formula is C13H24N2O4. The van der Waals surface area contributed by atoms with Crippen molar-refractivity contribution in [1.29, 1.82) is 0 Å². The van der Waals surface area contributed by atoms with E-state index in [1.165, 1.54) is 0 Å². The third-order valence-corrected chi connectivity index (χ3v) is 3.52. The maximum Gasteiger partial charge on any atom is 0.326 e. The molecule has 2 amide bonds. The zero-order chi connectivity index (χ0) is 14.3. The van der Waals surface area contributed by atoms with E-state index in [9.17, 15) is 9.59 Å². The second-order valence-electron chi connectivity index (χ2n) is 5.10. The van der Waals surface area contributed by atoms with Crippen molar-refractivity contribution in [1.82, 2.24) is 10.2 Å². The Labute approximate surface area is 113 Å². The van der Waals surface area contributed by atoms with E-state index in [4.69, 9.17) is 10.2 Å². The average molecular weight is 272 g/mol.